The largest absolute Gasteiger partial charge is 0.493 e. The number of carbonyl (C=O) groups excluding carboxylic acids is 2. The first-order valence-corrected chi connectivity index (χ1v) is 15.4. The van der Waals surface area contributed by atoms with Gasteiger partial charge in [-0.3, -0.25) is 9.59 Å². The maximum absolute atomic E-state index is 13.6. The Kier molecular flexibility index (Phi) is 11.5. The fourth-order valence-corrected chi connectivity index (χ4v) is 5.67. The van der Waals surface area contributed by atoms with Crippen molar-refractivity contribution in [3.8, 4) is 17.2 Å². The lowest BCUT2D eigenvalue weighted by atomic mass is 10.2. The molecule has 0 unspecified atom stereocenters. The highest BCUT2D eigenvalue weighted by Crippen LogP contribution is 2.31. The molecular weight excluding hydrogens is 620 g/mol. The predicted octanol–water partition coefficient (Wildman–Crippen LogP) is 4.72. The zero-order valence-electron chi connectivity index (χ0n) is 24.5. The normalized spacial score (nSPS) is 11.3. The second kappa shape index (κ2) is 15.7. The van der Waals surface area contributed by atoms with Crippen LogP contribution in [0.5, 0.6) is 17.2 Å². The Bertz CT molecular complexity index is 1750. The molecule has 0 atom stereocenters. The number of ether oxygens (including phenoxy) is 3. The summed E-state index contributed by atoms with van der Waals surface area (Å²) in [4.78, 5) is 24.9. The Morgan fingerprint density at radius 3 is 2.29 bits per heavy atom. The van der Waals surface area contributed by atoms with Crippen LogP contribution in [0.25, 0.3) is 0 Å². The lowest BCUT2D eigenvalue weighted by Crippen LogP contribution is -2.39. The van der Waals surface area contributed by atoms with Gasteiger partial charge in [0.15, 0.2) is 18.1 Å². The second-order valence-corrected chi connectivity index (χ2v) is 11.9. The molecule has 0 aromatic heterocycles. The fraction of sp³-hybridized carbons (Fsp3) is 0.156. The van der Waals surface area contributed by atoms with Crippen molar-refractivity contribution in [2.45, 2.75) is 11.4 Å². The molecular formula is C32H31ClN4O7S. The van der Waals surface area contributed by atoms with Gasteiger partial charge in [0.2, 0.25) is 10.0 Å². The monoisotopic (exact) mass is 650 g/mol. The van der Waals surface area contributed by atoms with E-state index in [4.69, 9.17) is 25.8 Å². The maximum Gasteiger partial charge on any atom is 0.262 e. The summed E-state index contributed by atoms with van der Waals surface area (Å²) in [6, 6.07) is 26.6. The van der Waals surface area contributed by atoms with E-state index in [2.05, 4.69) is 15.8 Å². The van der Waals surface area contributed by atoms with Crippen LogP contribution in [0.1, 0.15) is 11.1 Å². The maximum atomic E-state index is 13.6. The molecule has 234 valence electrons. The van der Waals surface area contributed by atoms with E-state index >= 15 is 0 Å². The summed E-state index contributed by atoms with van der Waals surface area (Å²) >= 11 is 5.93. The number of carbonyl (C=O) groups is 2. The highest BCUT2D eigenvalue weighted by atomic mass is 35.5. The minimum atomic E-state index is -4.13. The van der Waals surface area contributed by atoms with Gasteiger partial charge in [-0.25, -0.2) is 13.8 Å². The number of amides is 2. The second-order valence-electron chi connectivity index (χ2n) is 9.48. The lowest BCUT2D eigenvalue weighted by molar-refractivity contribution is -0.121. The number of nitrogens with zero attached hydrogens (tertiary/aromatic N) is 2. The summed E-state index contributed by atoms with van der Waals surface area (Å²) in [5, 5.41) is 7.17. The average molecular weight is 651 g/mol. The van der Waals surface area contributed by atoms with E-state index in [0.29, 0.717) is 33.3 Å². The van der Waals surface area contributed by atoms with Gasteiger partial charge in [0, 0.05) is 23.3 Å². The molecule has 2 amide bonds. The van der Waals surface area contributed by atoms with Gasteiger partial charge in [-0.15, -0.1) is 0 Å². The van der Waals surface area contributed by atoms with Crippen LogP contribution < -0.4 is 25.0 Å². The first kappa shape index (κ1) is 33.0. The van der Waals surface area contributed by atoms with Crippen molar-refractivity contribution in [3.05, 3.63) is 113 Å². The number of benzene rings is 4. The minimum Gasteiger partial charge on any atom is -0.493 e. The van der Waals surface area contributed by atoms with Gasteiger partial charge >= 0.3 is 0 Å². The van der Waals surface area contributed by atoms with E-state index in [1.54, 1.807) is 72.8 Å². The molecule has 0 aliphatic carbocycles. The van der Waals surface area contributed by atoms with Gasteiger partial charge in [-0.05, 0) is 65.7 Å². The molecule has 0 aliphatic rings. The Labute approximate surface area is 266 Å². The Balaban J connectivity index is 1.36. The molecule has 11 nitrogen and oxygen atoms in total. The number of sulfonamides is 1. The summed E-state index contributed by atoms with van der Waals surface area (Å²) in [5.74, 6) is 0.0767. The third-order valence-electron chi connectivity index (χ3n) is 6.28. The molecule has 0 fully saturated rings. The van der Waals surface area contributed by atoms with Crippen molar-refractivity contribution < 1.29 is 32.2 Å². The van der Waals surface area contributed by atoms with E-state index in [1.807, 2.05) is 6.07 Å². The van der Waals surface area contributed by atoms with Gasteiger partial charge in [-0.2, -0.15) is 9.41 Å². The van der Waals surface area contributed by atoms with E-state index in [1.165, 1.54) is 38.6 Å². The topological polar surface area (TPSA) is 136 Å². The van der Waals surface area contributed by atoms with E-state index in [-0.39, 0.29) is 29.7 Å². The van der Waals surface area contributed by atoms with E-state index in [9.17, 15) is 18.0 Å². The highest BCUT2D eigenvalue weighted by Gasteiger charge is 2.28. The van der Waals surface area contributed by atoms with Gasteiger partial charge in [0.1, 0.15) is 5.75 Å². The molecule has 2 N–H and O–H groups in total. The lowest BCUT2D eigenvalue weighted by Gasteiger charge is -2.22. The number of anilines is 1. The van der Waals surface area contributed by atoms with Gasteiger partial charge < -0.3 is 19.5 Å². The smallest absolute Gasteiger partial charge is 0.262 e. The molecule has 4 aromatic rings. The number of nitrogens with one attached hydrogen (secondary N) is 2. The minimum absolute atomic E-state index is 0.0484. The quantitative estimate of drug-likeness (QED) is 0.149. The third kappa shape index (κ3) is 9.54. The fourth-order valence-electron chi connectivity index (χ4n) is 4.08. The predicted molar refractivity (Wildman–Crippen MR) is 171 cm³/mol. The number of hydrazone groups is 1. The van der Waals surface area contributed by atoms with Crippen LogP contribution in [0.2, 0.25) is 5.02 Å². The summed E-state index contributed by atoms with van der Waals surface area (Å²) in [6.07, 6.45) is 1.40. The van der Waals surface area contributed by atoms with Crippen molar-refractivity contribution >= 4 is 45.3 Å². The molecule has 4 aromatic carbocycles. The molecule has 45 heavy (non-hydrogen) atoms. The summed E-state index contributed by atoms with van der Waals surface area (Å²) < 4.78 is 44.3. The van der Waals surface area contributed by atoms with Gasteiger partial charge in [0.05, 0.1) is 31.9 Å². The molecule has 0 saturated carbocycles. The molecule has 0 aliphatic heterocycles. The number of halogens is 1. The molecule has 0 spiro atoms. The van der Waals surface area contributed by atoms with Gasteiger partial charge in [0.25, 0.3) is 11.8 Å². The molecule has 0 bridgehead atoms. The molecule has 0 saturated heterocycles. The number of methoxy groups -OCH3 is 2. The number of hydrogen-bond acceptors (Lipinski definition) is 8. The van der Waals surface area contributed by atoms with Crippen molar-refractivity contribution in [2.24, 2.45) is 5.10 Å². The summed E-state index contributed by atoms with van der Waals surface area (Å²) in [7, 11) is -1.27. The van der Waals surface area contributed by atoms with Crippen LogP contribution in [-0.2, 0) is 26.2 Å². The van der Waals surface area contributed by atoms with E-state index < -0.39 is 22.5 Å². The van der Waals surface area contributed by atoms with Crippen molar-refractivity contribution in [3.63, 3.8) is 0 Å². The molecule has 13 heteroatoms. The van der Waals surface area contributed by atoms with Crippen LogP contribution in [-0.4, -0.2) is 58.1 Å². The SMILES string of the molecule is COc1ccc(S(=O)(=O)N(CC(=O)N/N=C/c2ccc(OCC(=O)Nc3cccc(Cl)c3)cc2)Cc2ccccc2)cc1OC. The van der Waals surface area contributed by atoms with Crippen LogP contribution in [0.3, 0.4) is 0 Å². The standard InChI is InChI=1S/C32H31ClN4O7S/c1-42-29-16-15-28(18-30(29)43-2)45(40,41)37(20-24-7-4-3-5-8-24)21-31(38)36-34-19-23-11-13-27(14-12-23)44-22-32(39)35-26-10-6-9-25(33)17-26/h3-19H,20-22H2,1-2H3,(H,35,39)(H,36,38)/b34-19+. The summed E-state index contributed by atoms with van der Waals surface area (Å²) in [6.45, 7) is -0.748. The highest BCUT2D eigenvalue weighted by molar-refractivity contribution is 7.89. The van der Waals surface area contributed by atoms with E-state index in [0.717, 1.165) is 4.31 Å². The number of rotatable bonds is 14. The van der Waals surface area contributed by atoms with Crippen LogP contribution in [0, 0.1) is 0 Å². The molecule has 0 heterocycles. The third-order valence-corrected chi connectivity index (χ3v) is 8.30. The van der Waals surface area contributed by atoms with Gasteiger partial charge in [-0.1, -0.05) is 48.0 Å². The number of hydrogen-bond donors (Lipinski definition) is 2. The van der Waals surface area contributed by atoms with Crippen LogP contribution in [0.15, 0.2) is 107 Å². The zero-order chi connectivity index (χ0) is 32.2. The summed E-state index contributed by atoms with van der Waals surface area (Å²) in [5.41, 5.74) is 4.27. The Morgan fingerprint density at radius 2 is 1.60 bits per heavy atom. The van der Waals surface area contributed by atoms with Crippen molar-refractivity contribution in [1.29, 1.82) is 0 Å². The zero-order valence-corrected chi connectivity index (χ0v) is 26.0. The first-order valence-electron chi connectivity index (χ1n) is 13.5. The van der Waals surface area contributed by atoms with Crippen molar-refractivity contribution in [2.75, 3.05) is 32.7 Å². The molecule has 0 radical (unpaired) electrons. The Morgan fingerprint density at radius 1 is 0.867 bits per heavy atom. The van der Waals surface area contributed by atoms with Crippen LogP contribution >= 0.6 is 11.6 Å². The molecule has 4 rings (SSSR count). The first-order chi connectivity index (χ1) is 21.7. The average Bonchev–Trinajstić information content (AvgIpc) is 3.04. The van der Waals surface area contributed by atoms with Crippen LogP contribution in [0.4, 0.5) is 5.69 Å². The Hall–Kier alpha value is -4.91. The van der Waals surface area contributed by atoms with Crippen molar-refractivity contribution in [1.82, 2.24) is 9.73 Å².